The van der Waals surface area contributed by atoms with Gasteiger partial charge in [0.2, 0.25) is 0 Å². The summed E-state index contributed by atoms with van der Waals surface area (Å²) in [5.74, 6) is 0. The molecule has 0 amide bonds. The molecular formula is C10H12N2O5. The van der Waals surface area contributed by atoms with Crippen LogP contribution in [0.2, 0.25) is 0 Å². The fraction of sp³-hybridized carbons (Fsp3) is 0.400. The number of rotatable bonds is 3. The molecule has 92 valence electrons. The number of nitro groups is 2. The van der Waals surface area contributed by atoms with Crippen LogP contribution in [-0.4, -0.2) is 15.0 Å². The minimum atomic E-state index is -1.37. The normalized spacial score (nSPS) is 11.3. The van der Waals surface area contributed by atoms with Crippen molar-refractivity contribution in [1.29, 1.82) is 0 Å². The fourth-order valence-electron chi connectivity index (χ4n) is 1.61. The second-order valence-corrected chi connectivity index (χ2v) is 4.21. The Morgan fingerprint density at radius 2 is 1.71 bits per heavy atom. The van der Waals surface area contributed by atoms with Gasteiger partial charge in [0.15, 0.2) is 0 Å². The van der Waals surface area contributed by atoms with Crippen LogP contribution in [0.3, 0.4) is 0 Å². The third-order valence-electron chi connectivity index (χ3n) is 2.43. The van der Waals surface area contributed by atoms with Crippen molar-refractivity contribution in [3.8, 4) is 0 Å². The van der Waals surface area contributed by atoms with Crippen molar-refractivity contribution in [2.24, 2.45) is 0 Å². The molecule has 7 nitrogen and oxygen atoms in total. The molecule has 0 atom stereocenters. The number of nitro benzene ring substituents is 2. The van der Waals surface area contributed by atoms with Gasteiger partial charge in [-0.2, -0.15) is 0 Å². The summed E-state index contributed by atoms with van der Waals surface area (Å²) in [5.41, 5.74) is -1.73. The van der Waals surface area contributed by atoms with E-state index in [0.29, 0.717) is 0 Å². The van der Waals surface area contributed by atoms with Crippen molar-refractivity contribution >= 4 is 11.4 Å². The number of aliphatic hydroxyl groups is 1. The van der Waals surface area contributed by atoms with E-state index in [0.717, 1.165) is 12.1 Å². The van der Waals surface area contributed by atoms with E-state index in [1.807, 2.05) is 0 Å². The number of hydrogen-bond donors (Lipinski definition) is 1. The topological polar surface area (TPSA) is 107 Å². The number of non-ortho nitro benzene ring substituents is 1. The van der Waals surface area contributed by atoms with Gasteiger partial charge in [-0.3, -0.25) is 20.2 Å². The molecule has 7 heteroatoms. The first-order chi connectivity index (χ1) is 7.64. The molecule has 1 aromatic carbocycles. The lowest BCUT2D eigenvalue weighted by Crippen LogP contribution is -2.18. The maximum atomic E-state index is 10.8. The molecule has 0 saturated heterocycles. The van der Waals surface area contributed by atoms with Gasteiger partial charge in [0, 0.05) is 11.6 Å². The highest BCUT2D eigenvalue weighted by molar-refractivity contribution is 5.54. The first-order valence-electron chi connectivity index (χ1n) is 4.81. The van der Waals surface area contributed by atoms with Crippen molar-refractivity contribution in [3.05, 3.63) is 43.5 Å². The zero-order valence-corrected chi connectivity index (χ0v) is 9.63. The van der Waals surface area contributed by atoms with Crippen LogP contribution in [-0.2, 0) is 5.60 Å². The molecular weight excluding hydrogens is 228 g/mol. The minimum absolute atomic E-state index is 0.179. The molecule has 1 rings (SSSR count). The summed E-state index contributed by atoms with van der Waals surface area (Å²) in [5, 5.41) is 31.3. The molecule has 0 spiro atoms. The second kappa shape index (κ2) is 4.10. The Bertz CT molecular complexity index is 490. The Balaban J connectivity index is 3.60. The molecule has 1 aromatic rings. The molecule has 0 aliphatic carbocycles. The smallest absolute Gasteiger partial charge is 0.279 e. The average molecular weight is 240 g/mol. The van der Waals surface area contributed by atoms with E-state index in [1.54, 1.807) is 0 Å². The van der Waals surface area contributed by atoms with E-state index in [9.17, 15) is 25.3 Å². The highest BCUT2D eigenvalue weighted by atomic mass is 16.6. The molecule has 0 aliphatic heterocycles. The molecule has 0 bridgehead atoms. The van der Waals surface area contributed by atoms with Gasteiger partial charge in [0.05, 0.1) is 21.5 Å². The van der Waals surface area contributed by atoms with Crippen molar-refractivity contribution < 1.29 is 15.0 Å². The SMILES string of the molecule is Cc1c([N+](=O)[O-])cc([N+](=O)[O-])cc1C(C)(C)O. The lowest BCUT2D eigenvalue weighted by molar-refractivity contribution is -0.394. The van der Waals surface area contributed by atoms with Gasteiger partial charge in [-0.05, 0) is 26.3 Å². The third-order valence-corrected chi connectivity index (χ3v) is 2.43. The van der Waals surface area contributed by atoms with Crippen molar-refractivity contribution in [2.75, 3.05) is 0 Å². The van der Waals surface area contributed by atoms with Gasteiger partial charge in [-0.25, -0.2) is 0 Å². The number of nitrogens with zero attached hydrogens (tertiary/aromatic N) is 2. The van der Waals surface area contributed by atoms with E-state index in [-0.39, 0.29) is 16.8 Å². The Hall–Kier alpha value is -2.02. The van der Waals surface area contributed by atoms with Crippen molar-refractivity contribution in [1.82, 2.24) is 0 Å². The van der Waals surface area contributed by atoms with E-state index < -0.39 is 21.1 Å². The van der Waals surface area contributed by atoms with Crippen LogP contribution < -0.4 is 0 Å². The van der Waals surface area contributed by atoms with E-state index in [4.69, 9.17) is 0 Å². The van der Waals surface area contributed by atoms with E-state index in [1.165, 1.54) is 20.8 Å². The molecule has 0 aromatic heterocycles. The molecule has 0 radical (unpaired) electrons. The summed E-state index contributed by atoms with van der Waals surface area (Å²) < 4.78 is 0. The van der Waals surface area contributed by atoms with Gasteiger partial charge in [0.25, 0.3) is 11.4 Å². The molecule has 1 N–H and O–H groups in total. The lowest BCUT2D eigenvalue weighted by Gasteiger charge is -2.19. The van der Waals surface area contributed by atoms with Gasteiger partial charge < -0.3 is 5.11 Å². The summed E-state index contributed by atoms with van der Waals surface area (Å²) in [6, 6.07) is 2.05. The van der Waals surface area contributed by atoms with Crippen LogP contribution in [0.4, 0.5) is 11.4 Å². The summed E-state index contributed by atoms with van der Waals surface area (Å²) in [4.78, 5) is 20.0. The average Bonchev–Trinajstić information content (AvgIpc) is 2.15. The first kappa shape index (κ1) is 13.0. The van der Waals surface area contributed by atoms with Gasteiger partial charge >= 0.3 is 0 Å². The van der Waals surface area contributed by atoms with Crippen molar-refractivity contribution in [3.63, 3.8) is 0 Å². The van der Waals surface area contributed by atoms with Crippen LogP contribution in [0.15, 0.2) is 12.1 Å². The Labute approximate surface area is 97.0 Å². The molecule has 17 heavy (non-hydrogen) atoms. The minimum Gasteiger partial charge on any atom is -0.386 e. The predicted molar refractivity (Wildman–Crippen MR) is 59.7 cm³/mol. The molecule has 0 unspecified atom stereocenters. The first-order valence-corrected chi connectivity index (χ1v) is 4.81. The van der Waals surface area contributed by atoms with Gasteiger partial charge in [0.1, 0.15) is 0 Å². The fourth-order valence-corrected chi connectivity index (χ4v) is 1.61. The lowest BCUT2D eigenvalue weighted by atomic mass is 9.92. The summed E-state index contributed by atoms with van der Waals surface area (Å²) in [7, 11) is 0. The van der Waals surface area contributed by atoms with E-state index in [2.05, 4.69) is 0 Å². The van der Waals surface area contributed by atoms with Gasteiger partial charge in [-0.1, -0.05) is 0 Å². The quantitative estimate of drug-likeness (QED) is 0.642. The summed E-state index contributed by atoms with van der Waals surface area (Å²) >= 11 is 0. The van der Waals surface area contributed by atoms with Crippen LogP contribution >= 0.6 is 0 Å². The highest BCUT2D eigenvalue weighted by Crippen LogP contribution is 2.33. The Morgan fingerprint density at radius 3 is 2.06 bits per heavy atom. The Kier molecular flexibility index (Phi) is 3.14. The maximum absolute atomic E-state index is 10.8. The number of benzene rings is 1. The third kappa shape index (κ3) is 2.56. The standard InChI is InChI=1S/C10H12N2O5/c1-6-8(10(2,3)13)4-7(11(14)15)5-9(6)12(16)17/h4-5,13H,1-3H3. The monoisotopic (exact) mass is 240 g/mol. The van der Waals surface area contributed by atoms with Crippen LogP contribution in [0.1, 0.15) is 25.0 Å². The largest absolute Gasteiger partial charge is 0.386 e. The predicted octanol–water partition coefficient (Wildman–Crippen LogP) is 2.04. The maximum Gasteiger partial charge on any atom is 0.279 e. The summed E-state index contributed by atoms with van der Waals surface area (Å²) in [6.07, 6.45) is 0. The molecule has 0 aliphatic rings. The van der Waals surface area contributed by atoms with Crippen LogP contribution in [0.25, 0.3) is 0 Å². The molecule has 0 heterocycles. The number of hydrogen-bond acceptors (Lipinski definition) is 5. The van der Waals surface area contributed by atoms with E-state index >= 15 is 0 Å². The van der Waals surface area contributed by atoms with Crippen LogP contribution in [0.5, 0.6) is 0 Å². The molecule has 0 fully saturated rings. The highest BCUT2D eigenvalue weighted by Gasteiger charge is 2.28. The zero-order valence-electron chi connectivity index (χ0n) is 9.63. The second-order valence-electron chi connectivity index (χ2n) is 4.21. The van der Waals surface area contributed by atoms with Gasteiger partial charge in [-0.15, -0.1) is 0 Å². The van der Waals surface area contributed by atoms with Crippen LogP contribution in [0, 0.1) is 27.2 Å². The summed E-state index contributed by atoms with van der Waals surface area (Å²) in [6.45, 7) is 4.29. The Morgan fingerprint density at radius 1 is 1.18 bits per heavy atom. The molecule has 0 saturated carbocycles. The zero-order chi connectivity index (χ0) is 13.4. The van der Waals surface area contributed by atoms with Crippen molar-refractivity contribution in [2.45, 2.75) is 26.4 Å².